The molecule has 6 heteroatoms. The highest BCUT2D eigenvalue weighted by atomic mass is 127. The molecule has 0 spiro atoms. The van der Waals surface area contributed by atoms with Crippen LogP contribution >= 0.6 is 45.5 Å². The van der Waals surface area contributed by atoms with Crippen LogP contribution in [0.25, 0.3) is 10.6 Å². The van der Waals surface area contributed by atoms with E-state index >= 15 is 0 Å². The maximum absolute atomic E-state index is 5.82. The second-order valence-electron chi connectivity index (χ2n) is 2.40. The Bertz CT molecular complexity index is 437. The van der Waals surface area contributed by atoms with Gasteiger partial charge in [-0.15, -0.1) is 11.3 Å². The van der Waals surface area contributed by atoms with Gasteiger partial charge < -0.3 is 5.73 Å². The van der Waals surface area contributed by atoms with Gasteiger partial charge in [-0.3, -0.25) is 5.10 Å². The Morgan fingerprint density at radius 1 is 1.54 bits per heavy atom. The van der Waals surface area contributed by atoms with Crippen molar-refractivity contribution >= 4 is 51.3 Å². The van der Waals surface area contributed by atoms with Crippen LogP contribution in [0.2, 0.25) is 4.34 Å². The predicted molar refractivity (Wildman–Crippen MR) is 64.0 cm³/mol. The Labute approximate surface area is 97.4 Å². The molecule has 2 heterocycles. The minimum Gasteiger partial charge on any atom is -0.381 e. The Morgan fingerprint density at radius 3 is 2.77 bits per heavy atom. The minimum atomic E-state index is 0.528. The predicted octanol–water partition coefficient (Wildman–Crippen LogP) is 2.98. The summed E-state index contributed by atoms with van der Waals surface area (Å²) < 4.78 is 1.70. The second kappa shape index (κ2) is 3.47. The molecule has 0 unspecified atom stereocenters. The molecule has 68 valence electrons. The number of nitrogens with two attached hydrogens (primary N) is 1. The maximum Gasteiger partial charge on any atom is 0.159 e. The van der Waals surface area contributed by atoms with Gasteiger partial charge in [0.1, 0.15) is 0 Å². The standard InChI is InChI=1S/C7H5ClIN3S/c8-4-2-1-3(13-4)6-5(9)7(10)12-11-6/h1-2H,(H3,10,11,12). The molecule has 0 aromatic carbocycles. The van der Waals surface area contributed by atoms with Gasteiger partial charge in [-0.25, -0.2) is 0 Å². The highest BCUT2D eigenvalue weighted by Gasteiger charge is 2.11. The Morgan fingerprint density at radius 2 is 2.31 bits per heavy atom. The van der Waals surface area contributed by atoms with Gasteiger partial charge >= 0.3 is 0 Å². The maximum atomic E-state index is 5.82. The molecule has 0 saturated carbocycles. The number of hydrogen-bond acceptors (Lipinski definition) is 3. The average molecular weight is 326 g/mol. The summed E-state index contributed by atoms with van der Waals surface area (Å²) in [7, 11) is 0. The molecule has 0 aliphatic carbocycles. The largest absolute Gasteiger partial charge is 0.381 e. The summed E-state index contributed by atoms with van der Waals surface area (Å²) in [6.45, 7) is 0. The third-order valence-corrected chi connectivity index (χ3v) is 3.89. The molecule has 3 nitrogen and oxygen atoms in total. The first-order chi connectivity index (χ1) is 6.18. The van der Waals surface area contributed by atoms with Crippen molar-refractivity contribution in [3.05, 3.63) is 20.0 Å². The van der Waals surface area contributed by atoms with E-state index in [-0.39, 0.29) is 0 Å². The van der Waals surface area contributed by atoms with Crippen LogP contribution in [0.3, 0.4) is 0 Å². The smallest absolute Gasteiger partial charge is 0.159 e. The normalized spacial score (nSPS) is 10.6. The van der Waals surface area contributed by atoms with Gasteiger partial charge in [0.25, 0.3) is 0 Å². The van der Waals surface area contributed by atoms with E-state index in [4.69, 9.17) is 17.3 Å². The zero-order valence-corrected chi connectivity index (χ0v) is 10.1. The van der Waals surface area contributed by atoms with Crippen LogP contribution in [-0.4, -0.2) is 10.2 Å². The van der Waals surface area contributed by atoms with Crippen LogP contribution in [0, 0.1) is 3.57 Å². The van der Waals surface area contributed by atoms with Crippen molar-refractivity contribution in [1.82, 2.24) is 10.2 Å². The molecule has 0 bridgehead atoms. The molecule has 0 aliphatic heterocycles. The lowest BCUT2D eigenvalue weighted by atomic mass is 10.3. The van der Waals surface area contributed by atoms with E-state index in [2.05, 4.69) is 32.8 Å². The SMILES string of the molecule is Nc1n[nH]c(-c2ccc(Cl)s2)c1I. The lowest BCUT2D eigenvalue weighted by Gasteiger charge is -1.91. The Hall–Kier alpha value is -0.270. The van der Waals surface area contributed by atoms with E-state index in [9.17, 15) is 0 Å². The number of halogens is 2. The zero-order chi connectivity index (χ0) is 9.42. The summed E-state index contributed by atoms with van der Waals surface area (Å²) in [6, 6.07) is 3.80. The van der Waals surface area contributed by atoms with Gasteiger partial charge in [0.15, 0.2) is 5.82 Å². The summed E-state index contributed by atoms with van der Waals surface area (Å²) in [6.07, 6.45) is 0. The van der Waals surface area contributed by atoms with Crippen LogP contribution in [-0.2, 0) is 0 Å². The molecule has 3 N–H and O–H groups in total. The summed E-state index contributed by atoms with van der Waals surface area (Å²) in [5, 5.41) is 6.78. The molecule has 0 aliphatic rings. The summed E-state index contributed by atoms with van der Waals surface area (Å²) in [4.78, 5) is 1.05. The van der Waals surface area contributed by atoms with Crippen molar-refractivity contribution in [2.45, 2.75) is 0 Å². The number of anilines is 1. The minimum absolute atomic E-state index is 0.528. The first-order valence-electron chi connectivity index (χ1n) is 3.43. The fraction of sp³-hybridized carbons (Fsp3) is 0. The number of aromatic nitrogens is 2. The molecule has 0 saturated heterocycles. The molecule has 0 fully saturated rings. The summed E-state index contributed by atoms with van der Waals surface area (Å²) in [5.74, 6) is 0.528. The van der Waals surface area contributed by atoms with E-state index in [0.29, 0.717) is 5.82 Å². The molecule has 0 atom stereocenters. The molecule has 2 rings (SSSR count). The third-order valence-electron chi connectivity index (χ3n) is 1.55. The Balaban J connectivity index is 2.52. The van der Waals surface area contributed by atoms with E-state index in [1.54, 1.807) is 0 Å². The van der Waals surface area contributed by atoms with Crippen molar-refractivity contribution in [2.24, 2.45) is 0 Å². The molecule has 0 radical (unpaired) electrons. The van der Waals surface area contributed by atoms with Crippen molar-refractivity contribution in [3.63, 3.8) is 0 Å². The van der Waals surface area contributed by atoms with Crippen molar-refractivity contribution in [3.8, 4) is 10.6 Å². The molecule has 2 aromatic rings. The Kier molecular flexibility index (Phi) is 2.48. The van der Waals surface area contributed by atoms with Crippen LogP contribution < -0.4 is 5.73 Å². The van der Waals surface area contributed by atoms with Gasteiger partial charge in [-0.05, 0) is 34.7 Å². The lowest BCUT2D eigenvalue weighted by Crippen LogP contribution is -1.85. The average Bonchev–Trinajstić information content (AvgIpc) is 2.62. The van der Waals surface area contributed by atoms with Crippen LogP contribution in [0.15, 0.2) is 12.1 Å². The van der Waals surface area contributed by atoms with Gasteiger partial charge in [0, 0.05) is 0 Å². The lowest BCUT2D eigenvalue weighted by molar-refractivity contribution is 1.11. The molecule has 2 aromatic heterocycles. The number of H-pyrrole nitrogens is 1. The second-order valence-corrected chi connectivity index (χ2v) is 5.20. The monoisotopic (exact) mass is 325 g/mol. The fourth-order valence-electron chi connectivity index (χ4n) is 0.954. The van der Waals surface area contributed by atoms with Gasteiger partial charge in [0.05, 0.1) is 18.5 Å². The van der Waals surface area contributed by atoms with E-state index in [1.165, 1.54) is 11.3 Å². The molecular weight excluding hydrogens is 321 g/mol. The van der Waals surface area contributed by atoms with E-state index < -0.39 is 0 Å². The topological polar surface area (TPSA) is 54.7 Å². The molecular formula is C7H5ClIN3S. The van der Waals surface area contributed by atoms with Gasteiger partial charge in [-0.1, -0.05) is 11.6 Å². The number of aromatic amines is 1. The molecule has 13 heavy (non-hydrogen) atoms. The quantitative estimate of drug-likeness (QED) is 0.792. The first-order valence-corrected chi connectivity index (χ1v) is 5.71. The fourth-order valence-corrected chi connectivity index (χ4v) is 2.71. The van der Waals surface area contributed by atoms with Gasteiger partial charge in [-0.2, -0.15) is 5.10 Å². The third kappa shape index (κ3) is 1.68. The highest BCUT2D eigenvalue weighted by Crippen LogP contribution is 2.33. The van der Waals surface area contributed by atoms with E-state index in [1.807, 2.05) is 12.1 Å². The zero-order valence-electron chi connectivity index (χ0n) is 6.34. The number of thiophene rings is 1. The highest BCUT2D eigenvalue weighted by molar-refractivity contribution is 14.1. The number of nitrogens with zero attached hydrogens (tertiary/aromatic N) is 1. The number of nitrogen functional groups attached to an aromatic ring is 1. The van der Waals surface area contributed by atoms with Crippen LogP contribution in [0.4, 0.5) is 5.82 Å². The number of nitrogens with one attached hydrogen (secondary N) is 1. The summed E-state index contributed by atoms with van der Waals surface area (Å²) in [5.41, 5.74) is 6.55. The van der Waals surface area contributed by atoms with Crippen LogP contribution in [0.5, 0.6) is 0 Å². The van der Waals surface area contributed by atoms with E-state index in [0.717, 1.165) is 18.5 Å². The van der Waals surface area contributed by atoms with Crippen molar-refractivity contribution in [1.29, 1.82) is 0 Å². The summed E-state index contributed by atoms with van der Waals surface area (Å²) >= 11 is 9.48. The first kappa shape index (κ1) is 9.29. The van der Waals surface area contributed by atoms with Crippen molar-refractivity contribution in [2.75, 3.05) is 5.73 Å². The van der Waals surface area contributed by atoms with Crippen molar-refractivity contribution < 1.29 is 0 Å². The van der Waals surface area contributed by atoms with Gasteiger partial charge in [0.2, 0.25) is 0 Å². The van der Waals surface area contributed by atoms with Crippen LogP contribution in [0.1, 0.15) is 0 Å². The number of hydrogen-bond donors (Lipinski definition) is 2. The molecule has 0 amide bonds. The number of rotatable bonds is 1.